The molecule has 0 aromatic heterocycles. The lowest BCUT2D eigenvalue weighted by atomic mass is 10.0. The van der Waals surface area contributed by atoms with Gasteiger partial charge in [0.15, 0.2) is 5.79 Å². The van der Waals surface area contributed by atoms with E-state index < -0.39 is 5.79 Å². The Labute approximate surface area is 168 Å². The van der Waals surface area contributed by atoms with Crippen LogP contribution in [0.25, 0.3) is 0 Å². The molecule has 2 aromatic carbocycles. The fourth-order valence-corrected chi connectivity index (χ4v) is 3.48. The highest BCUT2D eigenvalue weighted by Gasteiger charge is 2.40. The summed E-state index contributed by atoms with van der Waals surface area (Å²) in [5, 5.41) is 3.65. The van der Waals surface area contributed by atoms with Crippen LogP contribution in [0.5, 0.6) is 0 Å². The highest BCUT2D eigenvalue weighted by atomic mass is 16.7. The van der Waals surface area contributed by atoms with Gasteiger partial charge in [-0.05, 0) is 31.4 Å². The van der Waals surface area contributed by atoms with Crippen LogP contribution in [0.15, 0.2) is 73.3 Å². The van der Waals surface area contributed by atoms with Crippen molar-refractivity contribution in [3.8, 4) is 0 Å². The second-order valence-corrected chi connectivity index (χ2v) is 7.63. The minimum atomic E-state index is -0.586. The van der Waals surface area contributed by atoms with Gasteiger partial charge in [0, 0.05) is 12.6 Å². The highest BCUT2D eigenvalue weighted by molar-refractivity contribution is 5.15. The number of benzene rings is 2. The van der Waals surface area contributed by atoms with Crippen LogP contribution >= 0.6 is 0 Å². The van der Waals surface area contributed by atoms with Crippen LogP contribution in [0.4, 0.5) is 0 Å². The second kappa shape index (κ2) is 9.99. The molecule has 1 saturated heterocycles. The third kappa shape index (κ3) is 6.01. The molecule has 0 amide bonds. The van der Waals surface area contributed by atoms with Gasteiger partial charge in [0.2, 0.25) is 0 Å². The van der Waals surface area contributed by atoms with Gasteiger partial charge in [0.1, 0.15) is 12.2 Å². The van der Waals surface area contributed by atoms with E-state index in [1.54, 1.807) is 0 Å². The van der Waals surface area contributed by atoms with Gasteiger partial charge in [-0.15, -0.1) is 6.58 Å². The molecule has 0 saturated carbocycles. The molecule has 1 fully saturated rings. The average Bonchev–Trinajstić information content (AvgIpc) is 3.07. The predicted octanol–water partition coefficient (Wildman–Crippen LogP) is 4.46. The Morgan fingerprint density at radius 2 is 1.75 bits per heavy atom. The molecule has 28 heavy (non-hydrogen) atoms. The lowest BCUT2D eigenvalue weighted by molar-refractivity contribution is -0.161. The van der Waals surface area contributed by atoms with Crippen LogP contribution in [0.2, 0.25) is 0 Å². The molecule has 0 bridgehead atoms. The monoisotopic (exact) mass is 381 g/mol. The third-order valence-corrected chi connectivity index (χ3v) is 4.91. The van der Waals surface area contributed by atoms with Gasteiger partial charge in [0.25, 0.3) is 0 Å². The lowest BCUT2D eigenvalue weighted by Crippen LogP contribution is -2.48. The van der Waals surface area contributed by atoms with Gasteiger partial charge in [-0.2, -0.15) is 0 Å². The number of rotatable bonds is 10. The van der Waals surface area contributed by atoms with Crippen molar-refractivity contribution in [2.75, 3.05) is 6.61 Å². The molecule has 4 heteroatoms. The molecule has 2 aromatic rings. The molecule has 0 radical (unpaired) electrons. The largest absolute Gasteiger partial charge is 0.369 e. The number of nitrogens with one attached hydrogen (secondary N) is 1. The summed E-state index contributed by atoms with van der Waals surface area (Å²) < 4.78 is 18.4. The van der Waals surface area contributed by atoms with Gasteiger partial charge in [-0.25, -0.2) is 0 Å². The summed E-state index contributed by atoms with van der Waals surface area (Å²) in [7, 11) is 0. The molecule has 1 aliphatic heterocycles. The van der Waals surface area contributed by atoms with E-state index >= 15 is 0 Å². The summed E-state index contributed by atoms with van der Waals surface area (Å²) in [5.74, 6) is -0.586. The molecule has 0 spiro atoms. The Kier molecular flexibility index (Phi) is 7.40. The van der Waals surface area contributed by atoms with E-state index in [1.165, 1.54) is 5.56 Å². The standard InChI is InChI=1S/C24H31NO3/c1-4-11-21(25-16-19-12-7-5-8-13-19)23(22-18-27-24(2,3)28-22)26-17-20-14-9-6-10-15-20/h4-10,12-15,21-23,25H,1,11,16-18H2,2-3H3/t21-,22-,23-/m0/s1. The summed E-state index contributed by atoms with van der Waals surface area (Å²) in [4.78, 5) is 0. The van der Waals surface area contributed by atoms with Gasteiger partial charge < -0.3 is 19.5 Å². The van der Waals surface area contributed by atoms with Crippen molar-refractivity contribution in [2.45, 2.75) is 57.5 Å². The van der Waals surface area contributed by atoms with Crippen molar-refractivity contribution in [2.24, 2.45) is 0 Å². The Bertz CT molecular complexity index is 717. The number of hydrogen-bond acceptors (Lipinski definition) is 4. The van der Waals surface area contributed by atoms with Crippen molar-refractivity contribution < 1.29 is 14.2 Å². The molecule has 1 aliphatic rings. The van der Waals surface area contributed by atoms with Gasteiger partial charge >= 0.3 is 0 Å². The van der Waals surface area contributed by atoms with Crippen LogP contribution in [-0.4, -0.2) is 30.6 Å². The van der Waals surface area contributed by atoms with Crippen molar-refractivity contribution in [3.63, 3.8) is 0 Å². The molecule has 0 aliphatic carbocycles. The summed E-state index contributed by atoms with van der Waals surface area (Å²) in [6.07, 6.45) is 2.44. The van der Waals surface area contributed by atoms with E-state index in [1.807, 2.05) is 44.2 Å². The molecule has 4 nitrogen and oxygen atoms in total. The first-order chi connectivity index (χ1) is 13.6. The van der Waals surface area contributed by atoms with E-state index in [0.717, 1.165) is 18.5 Å². The SMILES string of the molecule is C=CC[C@H](NCc1ccccc1)[C@H](OCc1ccccc1)[C@@H]1COC(C)(C)O1. The summed E-state index contributed by atoms with van der Waals surface area (Å²) in [6, 6.07) is 20.7. The highest BCUT2D eigenvalue weighted by Crippen LogP contribution is 2.28. The Balaban J connectivity index is 1.72. The topological polar surface area (TPSA) is 39.7 Å². The van der Waals surface area contributed by atoms with Crippen molar-refractivity contribution >= 4 is 0 Å². The zero-order chi connectivity index (χ0) is 19.8. The van der Waals surface area contributed by atoms with E-state index in [9.17, 15) is 0 Å². The van der Waals surface area contributed by atoms with Gasteiger partial charge in [-0.1, -0.05) is 66.7 Å². The smallest absolute Gasteiger partial charge is 0.163 e. The summed E-state index contributed by atoms with van der Waals surface area (Å²) in [5.41, 5.74) is 2.38. The van der Waals surface area contributed by atoms with Crippen molar-refractivity contribution in [1.82, 2.24) is 5.32 Å². The van der Waals surface area contributed by atoms with E-state index in [-0.39, 0.29) is 18.2 Å². The Morgan fingerprint density at radius 1 is 1.11 bits per heavy atom. The number of hydrogen-bond donors (Lipinski definition) is 1. The van der Waals surface area contributed by atoms with Gasteiger partial charge in [-0.3, -0.25) is 0 Å². The molecule has 1 heterocycles. The zero-order valence-corrected chi connectivity index (χ0v) is 16.8. The molecule has 1 N–H and O–H groups in total. The molecule has 0 unspecified atom stereocenters. The van der Waals surface area contributed by atoms with Crippen molar-refractivity contribution in [1.29, 1.82) is 0 Å². The Hall–Kier alpha value is -1.98. The first-order valence-corrected chi connectivity index (χ1v) is 9.93. The average molecular weight is 382 g/mol. The predicted molar refractivity (Wildman–Crippen MR) is 112 cm³/mol. The van der Waals surface area contributed by atoms with Crippen LogP contribution in [0.3, 0.4) is 0 Å². The Morgan fingerprint density at radius 3 is 2.32 bits per heavy atom. The van der Waals surface area contributed by atoms with E-state index in [2.05, 4.69) is 48.3 Å². The second-order valence-electron chi connectivity index (χ2n) is 7.63. The van der Waals surface area contributed by atoms with Crippen LogP contribution in [0, 0.1) is 0 Å². The minimum Gasteiger partial charge on any atom is -0.369 e. The lowest BCUT2D eigenvalue weighted by Gasteiger charge is -2.32. The van der Waals surface area contributed by atoms with Crippen molar-refractivity contribution in [3.05, 3.63) is 84.4 Å². The number of ether oxygens (including phenoxy) is 3. The first kappa shape index (κ1) is 20.7. The zero-order valence-electron chi connectivity index (χ0n) is 16.8. The maximum atomic E-state index is 6.39. The minimum absolute atomic E-state index is 0.0731. The van der Waals surface area contributed by atoms with Gasteiger partial charge in [0.05, 0.1) is 13.2 Å². The molecular formula is C24H31NO3. The van der Waals surface area contributed by atoms with E-state index in [0.29, 0.717) is 13.2 Å². The fraction of sp³-hybridized carbons (Fsp3) is 0.417. The van der Waals surface area contributed by atoms with Crippen LogP contribution < -0.4 is 5.32 Å². The van der Waals surface area contributed by atoms with Crippen LogP contribution in [-0.2, 0) is 27.4 Å². The molecule has 150 valence electrons. The molecular weight excluding hydrogens is 350 g/mol. The fourth-order valence-electron chi connectivity index (χ4n) is 3.48. The van der Waals surface area contributed by atoms with E-state index in [4.69, 9.17) is 14.2 Å². The normalized spacial score (nSPS) is 20.6. The first-order valence-electron chi connectivity index (χ1n) is 9.93. The quantitative estimate of drug-likeness (QED) is 0.617. The maximum Gasteiger partial charge on any atom is 0.163 e. The molecule has 3 atom stereocenters. The molecule has 3 rings (SSSR count). The third-order valence-electron chi connectivity index (χ3n) is 4.91. The summed E-state index contributed by atoms with van der Waals surface area (Å²) in [6.45, 7) is 9.66. The van der Waals surface area contributed by atoms with Crippen LogP contribution in [0.1, 0.15) is 31.4 Å². The summed E-state index contributed by atoms with van der Waals surface area (Å²) >= 11 is 0. The maximum absolute atomic E-state index is 6.39.